The minimum atomic E-state index is -0.373. The Balaban J connectivity index is 1.98. The monoisotopic (exact) mass is 467 g/mol. The molecule has 4 rings (SSSR count). The van der Waals surface area contributed by atoms with Crippen LogP contribution in [0.1, 0.15) is 60.5 Å². The molecule has 3 aromatic carbocycles. The Morgan fingerprint density at radius 1 is 0.971 bits per heavy atom. The highest BCUT2D eigenvalue weighted by atomic mass is 16.2. The minimum Gasteiger partial charge on any atom is -0.328 e. The molecule has 0 aliphatic heterocycles. The van der Waals surface area contributed by atoms with Crippen LogP contribution < -0.4 is 5.56 Å². The van der Waals surface area contributed by atoms with Gasteiger partial charge < -0.3 is 4.90 Å². The number of nitrogens with zero attached hydrogens (tertiary/aromatic N) is 3. The van der Waals surface area contributed by atoms with Crippen LogP contribution in [0, 0.1) is 19.8 Å². The lowest BCUT2D eigenvalue weighted by Crippen LogP contribution is -2.40. The number of benzene rings is 3. The summed E-state index contributed by atoms with van der Waals surface area (Å²) < 4.78 is 1.70. The number of hydrogen-bond acceptors (Lipinski definition) is 3. The van der Waals surface area contributed by atoms with Crippen molar-refractivity contribution < 1.29 is 4.79 Å². The van der Waals surface area contributed by atoms with Crippen LogP contribution >= 0.6 is 0 Å². The van der Waals surface area contributed by atoms with Crippen LogP contribution in [-0.4, -0.2) is 26.9 Å². The summed E-state index contributed by atoms with van der Waals surface area (Å²) in [6.07, 6.45) is 0.626. The number of hydrogen-bond donors (Lipinski definition) is 0. The van der Waals surface area contributed by atoms with Gasteiger partial charge >= 0.3 is 0 Å². The molecule has 1 aromatic heterocycles. The van der Waals surface area contributed by atoms with Crippen molar-refractivity contribution in [3.8, 4) is 5.69 Å². The molecule has 0 spiro atoms. The number of para-hydroxylation sites is 1. The lowest BCUT2D eigenvalue weighted by atomic mass is 10.0. The summed E-state index contributed by atoms with van der Waals surface area (Å²) in [6.45, 7) is 10.8. The van der Waals surface area contributed by atoms with Gasteiger partial charge in [-0.1, -0.05) is 63.2 Å². The Kier molecular flexibility index (Phi) is 7.15. The molecule has 35 heavy (non-hydrogen) atoms. The van der Waals surface area contributed by atoms with E-state index in [1.165, 1.54) is 0 Å². The lowest BCUT2D eigenvalue weighted by molar-refractivity contribution is 0.0630. The summed E-state index contributed by atoms with van der Waals surface area (Å²) in [5.74, 6) is 0.794. The number of fused-ring (bicyclic) bond motifs is 1. The molecule has 0 N–H and O–H groups in total. The zero-order valence-corrected chi connectivity index (χ0v) is 21.2. The number of aromatic nitrogens is 2. The first-order chi connectivity index (χ1) is 16.8. The third-order valence-corrected chi connectivity index (χ3v) is 6.32. The Morgan fingerprint density at radius 3 is 2.37 bits per heavy atom. The third-order valence-electron chi connectivity index (χ3n) is 6.32. The van der Waals surface area contributed by atoms with Gasteiger partial charge in [0.2, 0.25) is 0 Å². The van der Waals surface area contributed by atoms with Gasteiger partial charge in [-0.2, -0.15) is 0 Å². The van der Waals surface area contributed by atoms with Crippen LogP contribution in [-0.2, 0) is 0 Å². The maximum atomic E-state index is 13.9. The van der Waals surface area contributed by atoms with E-state index in [-0.39, 0.29) is 23.4 Å². The number of carbonyl (C=O) groups is 1. The van der Waals surface area contributed by atoms with Gasteiger partial charge in [-0.05, 0) is 67.6 Å². The van der Waals surface area contributed by atoms with Crippen LogP contribution in [0.2, 0.25) is 0 Å². The molecule has 1 heterocycles. The van der Waals surface area contributed by atoms with Crippen molar-refractivity contribution >= 4 is 16.8 Å². The molecule has 0 fully saturated rings. The van der Waals surface area contributed by atoms with Gasteiger partial charge in [0.1, 0.15) is 5.82 Å². The molecular formula is C30H33N3O2. The van der Waals surface area contributed by atoms with Gasteiger partial charge in [-0.3, -0.25) is 14.2 Å². The second kappa shape index (κ2) is 10.3. The number of carbonyl (C=O) groups excluding carboxylic acids is 1. The molecule has 0 saturated carbocycles. The van der Waals surface area contributed by atoms with Crippen molar-refractivity contribution in [3.05, 3.63) is 106 Å². The fraction of sp³-hybridized carbons (Fsp3) is 0.300. The molecule has 4 aromatic rings. The largest absolute Gasteiger partial charge is 0.328 e. The minimum absolute atomic E-state index is 0.0400. The van der Waals surface area contributed by atoms with Gasteiger partial charge in [-0.15, -0.1) is 0 Å². The third kappa shape index (κ3) is 4.90. The van der Waals surface area contributed by atoms with Crippen LogP contribution in [0.5, 0.6) is 0 Å². The van der Waals surface area contributed by atoms with E-state index in [9.17, 15) is 9.59 Å². The van der Waals surface area contributed by atoms with Crippen molar-refractivity contribution in [1.82, 2.24) is 14.5 Å². The summed E-state index contributed by atoms with van der Waals surface area (Å²) in [7, 11) is 0. The molecule has 1 unspecified atom stereocenters. The summed E-state index contributed by atoms with van der Waals surface area (Å²) in [4.78, 5) is 34.7. The summed E-state index contributed by atoms with van der Waals surface area (Å²) in [6, 6.07) is 22.6. The van der Waals surface area contributed by atoms with Gasteiger partial charge in [0.25, 0.3) is 11.5 Å². The van der Waals surface area contributed by atoms with E-state index in [0.29, 0.717) is 35.3 Å². The standard InChI is InChI=1S/C30H33N3O2/c1-6-27(32(19-20(2)3)29(34)24-15-8-7-13-22(24)5)28-31-26-17-10-9-16-25(26)30(35)33(28)23-14-11-12-21(4)18-23/h7-18,20,27H,6,19H2,1-5H3. The average molecular weight is 468 g/mol. The normalized spacial score (nSPS) is 12.2. The molecular weight excluding hydrogens is 434 g/mol. The predicted molar refractivity (Wildman–Crippen MR) is 142 cm³/mol. The van der Waals surface area contributed by atoms with Gasteiger partial charge in [0.05, 0.1) is 22.6 Å². The molecule has 0 bridgehead atoms. The van der Waals surface area contributed by atoms with E-state index in [4.69, 9.17) is 4.98 Å². The van der Waals surface area contributed by atoms with Crippen LogP contribution in [0.25, 0.3) is 16.6 Å². The first-order valence-electron chi connectivity index (χ1n) is 12.3. The van der Waals surface area contributed by atoms with Crippen molar-refractivity contribution in [2.75, 3.05) is 6.54 Å². The maximum absolute atomic E-state index is 13.9. The molecule has 0 radical (unpaired) electrons. The second-order valence-electron chi connectivity index (χ2n) is 9.56. The second-order valence-corrected chi connectivity index (χ2v) is 9.56. The van der Waals surface area contributed by atoms with Gasteiger partial charge in [-0.25, -0.2) is 4.98 Å². The summed E-state index contributed by atoms with van der Waals surface area (Å²) in [5.41, 5.74) is 3.94. The molecule has 1 amide bonds. The molecule has 0 saturated heterocycles. The Labute approximate surface area is 207 Å². The van der Waals surface area contributed by atoms with E-state index in [1.807, 2.05) is 98.5 Å². The first kappa shape index (κ1) is 24.4. The highest BCUT2D eigenvalue weighted by Crippen LogP contribution is 2.29. The Hall–Kier alpha value is -3.73. The molecule has 180 valence electrons. The van der Waals surface area contributed by atoms with Crippen LogP contribution in [0.15, 0.2) is 77.6 Å². The number of amides is 1. The average Bonchev–Trinajstić information content (AvgIpc) is 2.84. The molecule has 5 nitrogen and oxygen atoms in total. The van der Waals surface area contributed by atoms with E-state index >= 15 is 0 Å². The smallest absolute Gasteiger partial charge is 0.266 e. The van der Waals surface area contributed by atoms with Crippen LogP contribution in [0.3, 0.4) is 0 Å². The quantitative estimate of drug-likeness (QED) is 0.323. The predicted octanol–water partition coefficient (Wildman–Crippen LogP) is 6.25. The fourth-order valence-corrected chi connectivity index (χ4v) is 4.64. The fourth-order valence-electron chi connectivity index (χ4n) is 4.64. The van der Waals surface area contributed by atoms with E-state index < -0.39 is 0 Å². The molecule has 5 heteroatoms. The number of rotatable bonds is 7. The summed E-state index contributed by atoms with van der Waals surface area (Å²) >= 11 is 0. The Morgan fingerprint density at radius 2 is 1.69 bits per heavy atom. The zero-order chi connectivity index (χ0) is 25.1. The van der Waals surface area contributed by atoms with Gasteiger partial charge in [0.15, 0.2) is 0 Å². The molecule has 0 aliphatic carbocycles. The zero-order valence-electron chi connectivity index (χ0n) is 21.2. The summed E-state index contributed by atoms with van der Waals surface area (Å²) in [5, 5.41) is 0.563. The lowest BCUT2D eigenvalue weighted by Gasteiger charge is -2.34. The first-order valence-corrected chi connectivity index (χ1v) is 12.3. The SMILES string of the molecule is CCC(c1nc2ccccc2c(=O)n1-c1cccc(C)c1)N(CC(C)C)C(=O)c1ccccc1C. The van der Waals surface area contributed by atoms with Crippen LogP contribution in [0.4, 0.5) is 0 Å². The highest BCUT2D eigenvalue weighted by Gasteiger charge is 2.30. The van der Waals surface area contributed by atoms with E-state index in [0.717, 1.165) is 16.8 Å². The molecule has 0 aliphatic rings. The number of aryl methyl sites for hydroxylation is 2. The van der Waals surface area contributed by atoms with E-state index in [2.05, 4.69) is 13.8 Å². The van der Waals surface area contributed by atoms with E-state index in [1.54, 1.807) is 4.57 Å². The van der Waals surface area contributed by atoms with Crippen molar-refractivity contribution in [1.29, 1.82) is 0 Å². The van der Waals surface area contributed by atoms with Crippen molar-refractivity contribution in [2.45, 2.75) is 47.1 Å². The van der Waals surface area contributed by atoms with Crippen molar-refractivity contribution in [3.63, 3.8) is 0 Å². The Bertz CT molecular complexity index is 1420. The van der Waals surface area contributed by atoms with Gasteiger partial charge in [0, 0.05) is 12.1 Å². The highest BCUT2D eigenvalue weighted by molar-refractivity contribution is 5.96. The maximum Gasteiger partial charge on any atom is 0.266 e. The van der Waals surface area contributed by atoms with Crippen molar-refractivity contribution in [2.24, 2.45) is 5.92 Å². The molecule has 1 atom stereocenters. The topological polar surface area (TPSA) is 55.2 Å².